The Morgan fingerprint density at radius 1 is 1.23 bits per heavy atom. The van der Waals surface area contributed by atoms with Gasteiger partial charge in [-0.05, 0) is 19.3 Å². The fourth-order valence-corrected chi connectivity index (χ4v) is 1.99. The number of hydrogen-bond donors (Lipinski definition) is 1. The molecule has 0 bridgehead atoms. The minimum Gasteiger partial charge on any atom is -0.314 e. The lowest BCUT2D eigenvalue weighted by Crippen LogP contribution is -2.51. The third-order valence-electron chi connectivity index (χ3n) is 2.97. The van der Waals surface area contributed by atoms with Crippen LogP contribution in [-0.4, -0.2) is 43.3 Å². The molecule has 2 nitrogen and oxygen atoms in total. The highest BCUT2D eigenvalue weighted by molar-refractivity contribution is 5.85. The van der Waals surface area contributed by atoms with Gasteiger partial charge < -0.3 is 5.32 Å². The molecule has 1 N–H and O–H groups in total. The summed E-state index contributed by atoms with van der Waals surface area (Å²) in [5.41, 5.74) is -0.822. The highest BCUT2D eigenvalue weighted by atomic mass is 35.5. The Hall–Kier alpha value is 0.140. The van der Waals surface area contributed by atoms with Crippen LogP contribution in [-0.2, 0) is 0 Å². The number of rotatable bonds is 2. The molecule has 13 heavy (non-hydrogen) atoms. The van der Waals surface area contributed by atoms with Crippen LogP contribution in [0.1, 0.15) is 19.3 Å². The molecule has 2 rings (SSSR count). The second-order valence-corrected chi connectivity index (χ2v) is 4.03. The van der Waals surface area contributed by atoms with E-state index in [0.29, 0.717) is 6.54 Å². The zero-order valence-corrected chi connectivity index (χ0v) is 8.71. The molecular weight excluding hydrogens is 191 g/mol. The van der Waals surface area contributed by atoms with E-state index in [-0.39, 0.29) is 12.4 Å². The van der Waals surface area contributed by atoms with E-state index < -0.39 is 5.67 Å². The van der Waals surface area contributed by atoms with E-state index >= 15 is 0 Å². The van der Waals surface area contributed by atoms with Gasteiger partial charge in [0.1, 0.15) is 5.67 Å². The zero-order chi connectivity index (χ0) is 8.44. The normalized spacial score (nSPS) is 27.5. The Balaban J connectivity index is 0.000000845. The summed E-state index contributed by atoms with van der Waals surface area (Å²) in [5.74, 6) is 0. The third-order valence-corrected chi connectivity index (χ3v) is 2.97. The van der Waals surface area contributed by atoms with E-state index in [1.807, 2.05) is 0 Å². The molecule has 0 aromatic rings. The summed E-state index contributed by atoms with van der Waals surface area (Å²) in [4.78, 5) is 2.25. The third kappa shape index (κ3) is 2.79. The fourth-order valence-electron chi connectivity index (χ4n) is 1.99. The molecule has 0 spiro atoms. The highest BCUT2D eigenvalue weighted by Gasteiger charge is 2.38. The largest absolute Gasteiger partial charge is 0.314 e. The van der Waals surface area contributed by atoms with E-state index in [0.717, 1.165) is 45.4 Å². The van der Waals surface area contributed by atoms with Crippen LogP contribution in [0.15, 0.2) is 0 Å². The van der Waals surface area contributed by atoms with Crippen molar-refractivity contribution in [2.24, 2.45) is 0 Å². The van der Waals surface area contributed by atoms with Crippen LogP contribution >= 0.6 is 12.4 Å². The summed E-state index contributed by atoms with van der Waals surface area (Å²) in [6.45, 7) is 4.76. The van der Waals surface area contributed by atoms with Crippen molar-refractivity contribution >= 4 is 12.4 Å². The topological polar surface area (TPSA) is 15.3 Å². The molecule has 0 amide bonds. The average molecular weight is 209 g/mol. The van der Waals surface area contributed by atoms with Gasteiger partial charge in [0, 0.05) is 32.7 Å². The Morgan fingerprint density at radius 2 is 1.85 bits per heavy atom. The minimum absolute atomic E-state index is 0. The molecule has 4 heteroatoms. The van der Waals surface area contributed by atoms with Crippen LogP contribution in [0.25, 0.3) is 0 Å². The predicted molar refractivity (Wildman–Crippen MR) is 54.2 cm³/mol. The van der Waals surface area contributed by atoms with Crippen LogP contribution in [0.3, 0.4) is 0 Å². The summed E-state index contributed by atoms with van der Waals surface area (Å²) in [5, 5.41) is 3.27. The van der Waals surface area contributed by atoms with Gasteiger partial charge >= 0.3 is 0 Å². The zero-order valence-electron chi connectivity index (χ0n) is 7.89. The molecule has 0 unspecified atom stereocenters. The van der Waals surface area contributed by atoms with Gasteiger partial charge in [-0.15, -0.1) is 12.4 Å². The Kier molecular flexibility index (Phi) is 3.95. The van der Waals surface area contributed by atoms with Crippen molar-refractivity contribution in [3.63, 3.8) is 0 Å². The molecule has 0 radical (unpaired) electrons. The smallest absolute Gasteiger partial charge is 0.123 e. The van der Waals surface area contributed by atoms with Gasteiger partial charge in [-0.25, -0.2) is 4.39 Å². The highest BCUT2D eigenvalue weighted by Crippen LogP contribution is 2.36. The summed E-state index contributed by atoms with van der Waals surface area (Å²) < 4.78 is 13.6. The molecule has 0 atom stereocenters. The Bertz CT molecular complexity index is 156. The number of nitrogens with zero attached hydrogens (tertiary/aromatic N) is 1. The van der Waals surface area contributed by atoms with Crippen molar-refractivity contribution in [1.29, 1.82) is 0 Å². The average Bonchev–Trinajstić information content (AvgIpc) is 2.04. The molecule has 0 aromatic heterocycles. The number of hydrogen-bond acceptors (Lipinski definition) is 2. The van der Waals surface area contributed by atoms with Crippen LogP contribution < -0.4 is 5.32 Å². The lowest BCUT2D eigenvalue weighted by molar-refractivity contribution is 0.0172. The summed E-state index contributed by atoms with van der Waals surface area (Å²) in [6.07, 6.45) is 2.66. The van der Waals surface area contributed by atoms with E-state index in [4.69, 9.17) is 0 Å². The van der Waals surface area contributed by atoms with E-state index in [1.54, 1.807) is 0 Å². The molecule has 2 aliphatic rings. The van der Waals surface area contributed by atoms with Gasteiger partial charge in [0.05, 0.1) is 0 Å². The van der Waals surface area contributed by atoms with Gasteiger partial charge in [0.2, 0.25) is 0 Å². The maximum Gasteiger partial charge on any atom is 0.123 e. The number of halogens is 2. The Labute approximate surface area is 85.3 Å². The van der Waals surface area contributed by atoms with Crippen molar-refractivity contribution in [3.05, 3.63) is 0 Å². The standard InChI is InChI=1S/C9H17FN2.ClH/c10-9(2-1-3-9)8-12-6-4-11-5-7-12;/h11H,1-8H2;1H. The van der Waals surface area contributed by atoms with Crippen LogP contribution in [0.5, 0.6) is 0 Å². The molecule has 2 fully saturated rings. The molecule has 1 saturated heterocycles. The first-order valence-electron chi connectivity index (χ1n) is 4.91. The summed E-state index contributed by atoms with van der Waals surface area (Å²) in [7, 11) is 0. The van der Waals surface area contributed by atoms with Gasteiger partial charge in [-0.2, -0.15) is 0 Å². The molecule has 1 aliphatic carbocycles. The maximum absolute atomic E-state index is 13.6. The summed E-state index contributed by atoms with van der Waals surface area (Å²) in [6, 6.07) is 0. The van der Waals surface area contributed by atoms with Crippen molar-refractivity contribution < 1.29 is 4.39 Å². The maximum atomic E-state index is 13.6. The van der Waals surface area contributed by atoms with E-state index in [2.05, 4.69) is 10.2 Å². The molecule has 1 aliphatic heterocycles. The Morgan fingerprint density at radius 3 is 2.31 bits per heavy atom. The number of nitrogens with one attached hydrogen (secondary N) is 1. The van der Waals surface area contributed by atoms with Gasteiger partial charge in [0.25, 0.3) is 0 Å². The van der Waals surface area contributed by atoms with Crippen LogP contribution in [0.4, 0.5) is 4.39 Å². The van der Waals surface area contributed by atoms with Gasteiger partial charge in [-0.1, -0.05) is 0 Å². The SMILES string of the molecule is Cl.FC1(CN2CCNCC2)CCC1. The molecule has 1 saturated carbocycles. The predicted octanol–water partition coefficient (Wildman–Crippen LogP) is 1.21. The monoisotopic (exact) mass is 208 g/mol. The summed E-state index contributed by atoms with van der Waals surface area (Å²) >= 11 is 0. The first-order valence-corrected chi connectivity index (χ1v) is 4.91. The molecule has 78 valence electrons. The first-order chi connectivity index (χ1) is 5.79. The number of alkyl halides is 1. The van der Waals surface area contributed by atoms with Gasteiger partial charge in [0.15, 0.2) is 0 Å². The van der Waals surface area contributed by atoms with Crippen LogP contribution in [0, 0.1) is 0 Å². The lowest BCUT2D eigenvalue weighted by atomic mass is 9.81. The second kappa shape index (κ2) is 4.58. The first kappa shape index (κ1) is 11.2. The van der Waals surface area contributed by atoms with Crippen LogP contribution in [0.2, 0.25) is 0 Å². The molecule has 0 aromatic carbocycles. The lowest BCUT2D eigenvalue weighted by Gasteiger charge is -2.39. The van der Waals surface area contributed by atoms with Crippen molar-refractivity contribution in [1.82, 2.24) is 10.2 Å². The minimum atomic E-state index is -0.822. The van der Waals surface area contributed by atoms with Crippen molar-refractivity contribution in [2.45, 2.75) is 24.9 Å². The fraction of sp³-hybridized carbons (Fsp3) is 1.00. The number of piperazine rings is 1. The second-order valence-electron chi connectivity index (χ2n) is 4.03. The van der Waals surface area contributed by atoms with E-state index in [1.165, 1.54) is 0 Å². The quantitative estimate of drug-likeness (QED) is 0.734. The molecule has 1 heterocycles. The van der Waals surface area contributed by atoms with Crippen molar-refractivity contribution in [2.75, 3.05) is 32.7 Å². The van der Waals surface area contributed by atoms with Gasteiger partial charge in [-0.3, -0.25) is 4.90 Å². The van der Waals surface area contributed by atoms with E-state index in [9.17, 15) is 4.39 Å². The van der Waals surface area contributed by atoms with Crippen molar-refractivity contribution in [3.8, 4) is 0 Å². The molecular formula is C9H18ClFN2.